The third kappa shape index (κ3) is 2.34. The number of rotatable bonds is 2. The number of hydrogen-bond donors (Lipinski definition) is 1. The normalized spacial score (nSPS) is 26.8. The summed E-state index contributed by atoms with van der Waals surface area (Å²) in [6.45, 7) is 3.23. The molecule has 4 heterocycles. The molecule has 1 amide bonds. The van der Waals surface area contributed by atoms with Gasteiger partial charge in [-0.3, -0.25) is 9.78 Å². The minimum absolute atomic E-state index is 0.177. The minimum Gasteiger partial charge on any atom is -0.445 e. The highest BCUT2D eigenvalue weighted by Crippen LogP contribution is 2.27. The topological polar surface area (TPSA) is 82.2 Å². The molecule has 2 aromatic rings. The number of nitrogens with zero attached hydrogens (tertiary/aromatic N) is 3. The van der Waals surface area contributed by atoms with E-state index < -0.39 is 0 Å². The lowest BCUT2D eigenvalue weighted by Gasteiger charge is -2.30. The number of carbonyl (C=O) groups excluding carboxylic acids is 1. The Hall–Kier alpha value is -2.39. The van der Waals surface area contributed by atoms with E-state index in [1.165, 1.54) is 13.0 Å². The number of fused-ring (bicyclic) bond motifs is 3. The van der Waals surface area contributed by atoms with E-state index in [-0.39, 0.29) is 17.7 Å². The highest BCUT2D eigenvalue weighted by molar-refractivity contribution is 5.95. The Morgan fingerprint density at radius 2 is 2.36 bits per heavy atom. The number of amides is 1. The summed E-state index contributed by atoms with van der Waals surface area (Å²) in [5.74, 6) is 0.757. The second-order valence-corrected chi connectivity index (χ2v) is 6.15. The maximum atomic E-state index is 12.4. The number of aromatic nitrogens is 1. The van der Waals surface area contributed by atoms with Crippen LogP contribution in [0.4, 0.5) is 0 Å². The molecule has 3 atom stereocenters. The maximum Gasteiger partial charge on any atom is 0.270 e. The van der Waals surface area contributed by atoms with E-state index in [1.807, 2.05) is 6.07 Å². The molecule has 6 nitrogen and oxygen atoms in total. The first kappa shape index (κ1) is 13.3. The highest BCUT2D eigenvalue weighted by atomic mass is 16.3. The Morgan fingerprint density at radius 3 is 3.18 bits per heavy atom. The minimum atomic E-state index is -0.177. The molecule has 3 unspecified atom stereocenters. The summed E-state index contributed by atoms with van der Waals surface area (Å²) in [5, 5.41) is 12.6. The van der Waals surface area contributed by atoms with Crippen molar-refractivity contribution in [3.63, 3.8) is 0 Å². The monoisotopic (exact) mass is 296 g/mol. The predicted molar refractivity (Wildman–Crippen MR) is 79.1 cm³/mol. The van der Waals surface area contributed by atoms with Gasteiger partial charge in [-0.1, -0.05) is 0 Å². The second-order valence-electron chi connectivity index (χ2n) is 6.15. The summed E-state index contributed by atoms with van der Waals surface area (Å²) < 4.78 is 5.35. The van der Waals surface area contributed by atoms with Gasteiger partial charge in [-0.15, -0.1) is 0 Å². The van der Waals surface area contributed by atoms with Gasteiger partial charge in [0.15, 0.2) is 0 Å². The Bertz CT molecular complexity index is 764. The average Bonchev–Trinajstić information content (AvgIpc) is 3.09. The molecule has 0 aliphatic carbocycles. The first-order valence-electron chi connectivity index (χ1n) is 7.54. The van der Waals surface area contributed by atoms with Crippen LogP contribution in [0.5, 0.6) is 0 Å². The first-order valence-corrected chi connectivity index (χ1v) is 7.54. The summed E-state index contributed by atoms with van der Waals surface area (Å²) in [4.78, 5) is 19.0. The van der Waals surface area contributed by atoms with Crippen LogP contribution in [-0.4, -0.2) is 41.5 Å². The largest absolute Gasteiger partial charge is 0.445 e. The lowest BCUT2D eigenvalue weighted by atomic mass is 9.97. The summed E-state index contributed by atoms with van der Waals surface area (Å²) in [5.41, 5.74) is 0.850. The van der Waals surface area contributed by atoms with Crippen LogP contribution < -0.4 is 5.32 Å². The van der Waals surface area contributed by atoms with Crippen molar-refractivity contribution < 1.29 is 9.21 Å². The van der Waals surface area contributed by atoms with E-state index in [0.717, 1.165) is 24.9 Å². The summed E-state index contributed by atoms with van der Waals surface area (Å²) in [6, 6.07) is 5.36. The molecule has 0 aromatic carbocycles. The fourth-order valence-corrected chi connectivity index (χ4v) is 3.54. The molecule has 6 heteroatoms. The van der Waals surface area contributed by atoms with Crippen LogP contribution in [0.1, 0.15) is 29.1 Å². The molecule has 2 aromatic heterocycles. The SMILES string of the molecule is N#Cc1cc2cnc(C(=O)NC3CC4CCN(C4)C3)cc2o1. The van der Waals surface area contributed by atoms with Crippen molar-refractivity contribution in [1.29, 1.82) is 5.26 Å². The number of nitriles is 1. The summed E-state index contributed by atoms with van der Waals surface area (Å²) in [7, 11) is 0. The van der Waals surface area contributed by atoms with Gasteiger partial charge in [-0.2, -0.15) is 5.26 Å². The van der Waals surface area contributed by atoms with Crippen molar-refractivity contribution in [3.8, 4) is 6.07 Å². The van der Waals surface area contributed by atoms with Crippen LogP contribution >= 0.6 is 0 Å². The molecule has 2 aliphatic rings. The average molecular weight is 296 g/mol. The van der Waals surface area contributed by atoms with Crippen molar-refractivity contribution in [2.75, 3.05) is 19.6 Å². The zero-order valence-electron chi connectivity index (χ0n) is 12.1. The van der Waals surface area contributed by atoms with Gasteiger partial charge in [-0.05, 0) is 25.3 Å². The van der Waals surface area contributed by atoms with Crippen LogP contribution in [-0.2, 0) is 0 Å². The summed E-state index contributed by atoms with van der Waals surface area (Å²) in [6.07, 6.45) is 3.85. The zero-order chi connectivity index (χ0) is 15.1. The third-order valence-electron chi connectivity index (χ3n) is 4.55. The van der Waals surface area contributed by atoms with E-state index in [9.17, 15) is 4.79 Å². The molecule has 112 valence electrons. The maximum absolute atomic E-state index is 12.4. The molecule has 1 N–H and O–H groups in total. The van der Waals surface area contributed by atoms with Gasteiger partial charge >= 0.3 is 0 Å². The Balaban J connectivity index is 1.51. The van der Waals surface area contributed by atoms with E-state index in [1.54, 1.807) is 18.3 Å². The number of piperidine rings is 1. The number of furan rings is 1. The van der Waals surface area contributed by atoms with E-state index in [4.69, 9.17) is 9.68 Å². The molecule has 2 aliphatic heterocycles. The van der Waals surface area contributed by atoms with Gasteiger partial charge in [0, 0.05) is 42.8 Å². The third-order valence-corrected chi connectivity index (χ3v) is 4.55. The molecule has 0 spiro atoms. The smallest absolute Gasteiger partial charge is 0.270 e. The van der Waals surface area contributed by atoms with Gasteiger partial charge in [0.25, 0.3) is 5.91 Å². The standard InChI is InChI=1S/C16H16N4O2/c17-6-13-4-11-7-18-14(5-15(11)22-13)16(21)19-12-3-10-1-2-20(8-10)9-12/h4-5,7,10,12H,1-3,8-9H2,(H,19,21). The lowest BCUT2D eigenvalue weighted by molar-refractivity contribution is 0.0904. The van der Waals surface area contributed by atoms with Crippen LogP contribution in [0.25, 0.3) is 11.0 Å². The van der Waals surface area contributed by atoms with E-state index in [2.05, 4.69) is 15.2 Å². The first-order chi connectivity index (χ1) is 10.7. The molecule has 2 saturated heterocycles. The van der Waals surface area contributed by atoms with Gasteiger partial charge < -0.3 is 14.6 Å². The number of pyridine rings is 1. The van der Waals surface area contributed by atoms with Crippen molar-refractivity contribution in [3.05, 3.63) is 29.8 Å². The van der Waals surface area contributed by atoms with Crippen LogP contribution in [0.2, 0.25) is 0 Å². The van der Waals surface area contributed by atoms with Crippen molar-refractivity contribution >= 4 is 16.9 Å². The Morgan fingerprint density at radius 1 is 1.45 bits per heavy atom. The molecule has 2 fully saturated rings. The molecular weight excluding hydrogens is 280 g/mol. The zero-order valence-corrected chi connectivity index (χ0v) is 12.1. The van der Waals surface area contributed by atoms with Gasteiger partial charge in [0.2, 0.25) is 5.76 Å². The Kier molecular flexibility index (Phi) is 3.09. The van der Waals surface area contributed by atoms with Crippen molar-refractivity contribution in [1.82, 2.24) is 15.2 Å². The lowest BCUT2D eigenvalue weighted by Crippen LogP contribution is -2.47. The summed E-state index contributed by atoms with van der Waals surface area (Å²) >= 11 is 0. The van der Waals surface area contributed by atoms with E-state index >= 15 is 0 Å². The highest BCUT2D eigenvalue weighted by Gasteiger charge is 2.33. The number of carbonyl (C=O) groups is 1. The van der Waals surface area contributed by atoms with Gasteiger partial charge in [0.05, 0.1) is 0 Å². The second kappa shape index (κ2) is 5.11. The van der Waals surface area contributed by atoms with Crippen LogP contribution in [0.15, 0.2) is 22.7 Å². The fraction of sp³-hybridized carbons (Fsp3) is 0.438. The fourth-order valence-electron chi connectivity index (χ4n) is 3.54. The van der Waals surface area contributed by atoms with E-state index in [0.29, 0.717) is 17.2 Å². The number of hydrogen-bond acceptors (Lipinski definition) is 5. The van der Waals surface area contributed by atoms with Crippen LogP contribution in [0.3, 0.4) is 0 Å². The quantitative estimate of drug-likeness (QED) is 0.908. The molecule has 0 radical (unpaired) electrons. The van der Waals surface area contributed by atoms with Crippen molar-refractivity contribution in [2.24, 2.45) is 5.92 Å². The number of nitrogens with one attached hydrogen (secondary N) is 1. The predicted octanol–water partition coefficient (Wildman–Crippen LogP) is 1.52. The molecular formula is C16H16N4O2. The molecule has 22 heavy (non-hydrogen) atoms. The van der Waals surface area contributed by atoms with Crippen LogP contribution in [0, 0.1) is 17.2 Å². The molecule has 4 rings (SSSR count). The Labute approximate surface area is 127 Å². The van der Waals surface area contributed by atoms with Gasteiger partial charge in [0.1, 0.15) is 17.3 Å². The van der Waals surface area contributed by atoms with Gasteiger partial charge in [-0.25, -0.2) is 0 Å². The molecule has 0 saturated carbocycles. The molecule has 2 bridgehead atoms. The van der Waals surface area contributed by atoms with Crippen molar-refractivity contribution in [2.45, 2.75) is 18.9 Å².